The van der Waals surface area contributed by atoms with E-state index in [0.29, 0.717) is 25.7 Å². The zero-order chi connectivity index (χ0) is 18.5. The lowest BCUT2D eigenvalue weighted by Gasteiger charge is -2.07. The highest BCUT2D eigenvalue weighted by Crippen LogP contribution is 2.15. The molecule has 0 amide bonds. The summed E-state index contributed by atoms with van der Waals surface area (Å²) < 4.78 is 0. The molecule has 2 N–H and O–H groups in total. The van der Waals surface area contributed by atoms with Crippen molar-refractivity contribution in [1.29, 1.82) is 0 Å². The molecule has 2 aliphatic carbocycles. The van der Waals surface area contributed by atoms with Crippen molar-refractivity contribution >= 4 is 11.9 Å². The van der Waals surface area contributed by atoms with Crippen molar-refractivity contribution < 1.29 is 19.8 Å². The van der Waals surface area contributed by atoms with Gasteiger partial charge in [0.1, 0.15) is 0 Å². The number of carboxylic acid groups (broad SMARTS) is 2. The van der Waals surface area contributed by atoms with Gasteiger partial charge in [-0.15, -0.1) is 0 Å². The van der Waals surface area contributed by atoms with Crippen LogP contribution in [0, 0.1) is 6.92 Å². The van der Waals surface area contributed by atoms with Gasteiger partial charge in [0.2, 0.25) is 0 Å². The van der Waals surface area contributed by atoms with Crippen molar-refractivity contribution in [3.05, 3.63) is 29.1 Å². The van der Waals surface area contributed by atoms with Crippen LogP contribution in [-0.4, -0.2) is 27.1 Å². The first-order chi connectivity index (χ1) is 12.0. The molecule has 0 aliphatic heterocycles. The molecular weight excluding hydrogens is 318 g/mol. The number of pyridine rings is 1. The molecule has 0 aromatic carbocycles. The van der Waals surface area contributed by atoms with E-state index in [-0.39, 0.29) is 12.8 Å². The average molecular weight is 349 g/mol. The van der Waals surface area contributed by atoms with Crippen LogP contribution in [0.4, 0.5) is 0 Å². The van der Waals surface area contributed by atoms with Crippen molar-refractivity contribution in [3.63, 3.8) is 0 Å². The standard InChI is InChI=1S/C14H19NO4.2C3H6/c1-10-8-11(4-2-6-13(16)17)9-15-12(10)5-3-7-14(18)19;2*1-2-3-1/h8-9H,2-7H2,1H3,(H,16,17)(H,18,19);2*1-3H2. The Bertz CT molecular complexity index is 527. The van der Waals surface area contributed by atoms with Gasteiger partial charge >= 0.3 is 11.9 Å². The van der Waals surface area contributed by atoms with Gasteiger partial charge in [0.05, 0.1) is 0 Å². The zero-order valence-corrected chi connectivity index (χ0v) is 15.3. The minimum absolute atomic E-state index is 0.154. The van der Waals surface area contributed by atoms with Crippen LogP contribution < -0.4 is 0 Å². The third-order valence-electron chi connectivity index (χ3n) is 3.61. The Morgan fingerprint density at radius 3 is 1.80 bits per heavy atom. The molecule has 0 saturated heterocycles. The molecule has 3 rings (SSSR count). The van der Waals surface area contributed by atoms with Gasteiger partial charge in [0.15, 0.2) is 0 Å². The highest BCUT2D eigenvalue weighted by atomic mass is 16.4. The van der Waals surface area contributed by atoms with Gasteiger partial charge in [-0.1, -0.05) is 44.6 Å². The predicted molar refractivity (Wildman–Crippen MR) is 97.8 cm³/mol. The number of carboxylic acids is 2. The largest absolute Gasteiger partial charge is 0.481 e. The monoisotopic (exact) mass is 349 g/mol. The number of carbonyl (C=O) groups is 2. The second-order valence-corrected chi connectivity index (χ2v) is 6.72. The molecule has 0 atom stereocenters. The van der Waals surface area contributed by atoms with Gasteiger partial charge in [-0.05, 0) is 43.7 Å². The van der Waals surface area contributed by atoms with Crippen LogP contribution in [0.2, 0.25) is 0 Å². The van der Waals surface area contributed by atoms with Gasteiger partial charge in [-0.2, -0.15) is 0 Å². The topological polar surface area (TPSA) is 87.5 Å². The van der Waals surface area contributed by atoms with E-state index in [4.69, 9.17) is 10.2 Å². The third-order valence-corrected chi connectivity index (χ3v) is 3.61. The van der Waals surface area contributed by atoms with Crippen LogP contribution in [0.1, 0.15) is 81.0 Å². The van der Waals surface area contributed by atoms with E-state index >= 15 is 0 Å². The van der Waals surface area contributed by atoms with Gasteiger partial charge in [0.25, 0.3) is 0 Å². The van der Waals surface area contributed by atoms with Crippen molar-refractivity contribution in [2.75, 3.05) is 0 Å². The highest BCUT2D eigenvalue weighted by molar-refractivity contribution is 5.66. The summed E-state index contributed by atoms with van der Waals surface area (Å²) in [5.41, 5.74) is 2.99. The fraction of sp³-hybridized carbons (Fsp3) is 0.650. The molecule has 25 heavy (non-hydrogen) atoms. The Morgan fingerprint density at radius 2 is 1.40 bits per heavy atom. The smallest absolute Gasteiger partial charge is 0.303 e. The van der Waals surface area contributed by atoms with E-state index in [0.717, 1.165) is 16.8 Å². The van der Waals surface area contributed by atoms with Crippen LogP contribution in [-0.2, 0) is 22.4 Å². The Hall–Kier alpha value is -1.91. The average Bonchev–Trinajstić information content (AvgIpc) is 3.43. The lowest BCUT2D eigenvalue weighted by Crippen LogP contribution is -2.01. The summed E-state index contributed by atoms with van der Waals surface area (Å²) in [6, 6.07) is 2.00. The zero-order valence-electron chi connectivity index (χ0n) is 15.3. The molecule has 0 spiro atoms. The van der Waals surface area contributed by atoms with Crippen molar-refractivity contribution in [1.82, 2.24) is 4.98 Å². The molecule has 2 saturated carbocycles. The number of aryl methyl sites for hydroxylation is 3. The Balaban J connectivity index is 0.000000430. The van der Waals surface area contributed by atoms with E-state index in [9.17, 15) is 9.59 Å². The van der Waals surface area contributed by atoms with Gasteiger partial charge < -0.3 is 10.2 Å². The molecular formula is C20H31NO4. The Morgan fingerprint density at radius 1 is 0.920 bits per heavy atom. The maximum atomic E-state index is 10.4. The van der Waals surface area contributed by atoms with Crippen LogP contribution in [0.15, 0.2) is 12.3 Å². The summed E-state index contributed by atoms with van der Waals surface area (Å²) in [5, 5.41) is 17.1. The normalized spacial score (nSPS) is 13.6. The minimum Gasteiger partial charge on any atom is -0.481 e. The lowest BCUT2D eigenvalue weighted by atomic mass is 10.0. The number of aliphatic carboxylic acids is 2. The summed E-state index contributed by atoms with van der Waals surface area (Å²) in [6.45, 7) is 1.95. The Labute approximate surface area is 150 Å². The quantitative estimate of drug-likeness (QED) is 0.719. The van der Waals surface area contributed by atoms with Crippen LogP contribution in [0.3, 0.4) is 0 Å². The molecule has 140 valence electrons. The van der Waals surface area contributed by atoms with Gasteiger partial charge in [0, 0.05) is 24.7 Å². The summed E-state index contributed by atoms with van der Waals surface area (Å²) in [7, 11) is 0. The molecule has 0 unspecified atom stereocenters. The van der Waals surface area contributed by atoms with E-state index in [1.165, 1.54) is 38.5 Å². The third kappa shape index (κ3) is 14.2. The molecule has 2 aliphatic rings. The van der Waals surface area contributed by atoms with E-state index < -0.39 is 11.9 Å². The fourth-order valence-electron chi connectivity index (χ4n) is 1.91. The Kier molecular flexibility index (Phi) is 10.5. The first-order valence-corrected chi connectivity index (χ1v) is 9.37. The summed E-state index contributed by atoms with van der Waals surface area (Å²) >= 11 is 0. The SMILES string of the molecule is C1CC1.C1CC1.Cc1cc(CCCC(=O)O)cnc1CCCC(=O)O. The molecule has 1 aromatic rings. The molecule has 5 nitrogen and oxygen atoms in total. The molecule has 5 heteroatoms. The highest BCUT2D eigenvalue weighted by Gasteiger charge is 2.05. The number of rotatable bonds is 8. The first-order valence-electron chi connectivity index (χ1n) is 9.37. The molecule has 2 fully saturated rings. The summed E-state index contributed by atoms with van der Waals surface area (Å²) in [6.07, 6.45) is 13.6. The van der Waals surface area contributed by atoms with Crippen LogP contribution >= 0.6 is 0 Å². The second kappa shape index (κ2) is 12.5. The minimum atomic E-state index is -0.789. The fourth-order valence-corrected chi connectivity index (χ4v) is 1.91. The predicted octanol–water partition coefficient (Wildman–Crippen LogP) is 4.55. The number of hydrogen-bond donors (Lipinski definition) is 2. The lowest BCUT2D eigenvalue weighted by molar-refractivity contribution is -0.138. The van der Waals surface area contributed by atoms with Gasteiger partial charge in [-0.3, -0.25) is 14.6 Å². The molecule has 0 bridgehead atoms. The summed E-state index contributed by atoms with van der Waals surface area (Å²) in [5.74, 6) is -1.57. The molecule has 0 radical (unpaired) electrons. The molecule has 1 heterocycles. The number of nitrogens with zero attached hydrogens (tertiary/aromatic N) is 1. The van der Waals surface area contributed by atoms with E-state index in [1.807, 2.05) is 13.0 Å². The van der Waals surface area contributed by atoms with E-state index in [1.54, 1.807) is 6.20 Å². The molecule has 1 aromatic heterocycles. The maximum Gasteiger partial charge on any atom is 0.303 e. The van der Waals surface area contributed by atoms with Crippen molar-refractivity contribution in [2.24, 2.45) is 0 Å². The number of aromatic nitrogens is 1. The summed E-state index contributed by atoms with van der Waals surface area (Å²) in [4.78, 5) is 25.2. The first kappa shape index (κ1) is 21.1. The van der Waals surface area contributed by atoms with Crippen LogP contribution in [0.25, 0.3) is 0 Å². The number of hydrogen-bond acceptors (Lipinski definition) is 3. The van der Waals surface area contributed by atoms with Crippen LogP contribution in [0.5, 0.6) is 0 Å². The van der Waals surface area contributed by atoms with Crippen molar-refractivity contribution in [3.8, 4) is 0 Å². The maximum absolute atomic E-state index is 10.4. The second-order valence-electron chi connectivity index (χ2n) is 6.72. The van der Waals surface area contributed by atoms with Gasteiger partial charge in [-0.25, -0.2) is 0 Å². The van der Waals surface area contributed by atoms with Crippen molar-refractivity contribution in [2.45, 2.75) is 84.0 Å². The van der Waals surface area contributed by atoms with E-state index in [2.05, 4.69) is 4.98 Å².